The number of aromatic nitrogens is 5. The van der Waals surface area contributed by atoms with Gasteiger partial charge in [0, 0.05) is 0 Å². The lowest BCUT2D eigenvalue weighted by Crippen LogP contribution is -2.09. The maximum absolute atomic E-state index is 12.6. The Labute approximate surface area is 162 Å². The third-order valence-corrected chi connectivity index (χ3v) is 5.03. The van der Waals surface area contributed by atoms with Crippen molar-refractivity contribution in [1.29, 1.82) is 0 Å². The summed E-state index contributed by atoms with van der Waals surface area (Å²) in [6.07, 6.45) is 0. The van der Waals surface area contributed by atoms with E-state index in [-0.39, 0.29) is 18.0 Å². The molecule has 0 saturated heterocycles. The van der Waals surface area contributed by atoms with Crippen molar-refractivity contribution in [2.24, 2.45) is 0 Å². The van der Waals surface area contributed by atoms with Crippen molar-refractivity contribution in [3.05, 3.63) is 48.0 Å². The number of benzene rings is 2. The van der Waals surface area contributed by atoms with Gasteiger partial charge in [-0.2, -0.15) is 8.75 Å². The molecule has 0 radical (unpaired) electrons. The van der Waals surface area contributed by atoms with E-state index >= 15 is 0 Å². The Kier molecular flexibility index (Phi) is 3.69. The first-order chi connectivity index (χ1) is 13.7. The van der Waals surface area contributed by atoms with Crippen LogP contribution in [0.3, 0.4) is 0 Å². The molecule has 5 rings (SSSR count). The van der Waals surface area contributed by atoms with Gasteiger partial charge in [0.25, 0.3) is 0 Å². The fourth-order valence-corrected chi connectivity index (χ4v) is 3.75. The average molecular weight is 390 g/mol. The largest absolute Gasteiger partial charge is 0.462 e. The van der Waals surface area contributed by atoms with Crippen molar-refractivity contribution in [2.75, 3.05) is 12.3 Å². The monoisotopic (exact) mass is 390 g/mol. The van der Waals surface area contributed by atoms with Gasteiger partial charge >= 0.3 is 5.97 Å². The Morgan fingerprint density at radius 2 is 1.82 bits per heavy atom. The fraction of sp³-hybridized carbons (Fsp3) is 0.105. The van der Waals surface area contributed by atoms with Gasteiger partial charge in [-0.1, -0.05) is 12.1 Å². The molecule has 3 aromatic heterocycles. The molecule has 0 bridgehead atoms. The number of nitrogens with two attached hydrogens (primary N) is 1. The van der Waals surface area contributed by atoms with Gasteiger partial charge in [-0.15, -0.1) is 0 Å². The van der Waals surface area contributed by atoms with E-state index in [0.29, 0.717) is 22.2 Å². The minimum Gasteiger partial charge on any atom is -0.462 e. The molecule has 8 nitrogen and oxygen atoms in total. The third-order valence-electron chi connectivity index (χ3n) is 4.47. The predicted octanol–water partition coefficient (Wildman–Crippen LogP) is 3.34. The van der Waals surface area contributed by atoms with Crippen LogP contribution in [-0.2, 0) is 4.74 Å². The van der Waals surface area contributed by atoms with Gasteiger partial charge < -0.3 is 10.5 Å². The Balaban J connectivity index is 1.87. The minimum atomic E-state index is -0.523. The van der Waals surface area contributed by atoms with E-state index in [0.717, 1.165) is 28.4 Å². The van der Waals surface area contributed by atoms with E-state index in [2.05, 4.69) is 13.7 Å². The van der Waals surface area contributed by atoms with E-state index < -0.39 is 5.97 Å². The maximum atomic E-state index is 12.6. The molecule has 138 valence electrons. The van der Waals surface area contributed by atoms with E-state index in [1.807, 2.05) is 42.5 Å². The van der Waals surface area contributed by atoms with Crippen LogP contribution in [-0.4, -0.2) is 35.9 Å². The molecular formula is C19H14N6O2S. The highest BCUT2D eigenvalue weighted by molar-refractivity contribution is 7.00. The van der Waals surface area contributed by atoms with Crippen molar-refractivity contribution in [3.8, 4) is 5.69 Å². The molecule has 0 aliphatic carbocycles. The van der Waals surface area contributed by atoms with Crippen molar-refractivity contribution in [1.82, 2.24) is 23.3 Å². The molecule has 5 aromatic rings. The molecule has 0 aliphatic heterocycles. The van der Waals surface area contributed by atoms with Crippen LogP contribution < -0.4 is 5.73 Å². The fourth-order valence-electron chi connectivity index (χ4n) is 3.24. The van der Waals surface area contributed by atoms with Crippen LogP contribution in [0.25, 0.3) is 38.9 Å². The van der Waals surface area contributed by atoms with Crippen LogP contribution in [0.1, 0.15) is 17.3 Å². The zero-order valence-corrected chi connectivity index (χ0v) is 15.6. The summed E-state index contributed by atoms with van der Waals surface area (Å²) in [4.78, 5) is 22.0. The summed E-state index contributed by atoms with van der Waals surface area (Å²) in [6.45, 7) is 1.99. The zero-order chi connectivity index (χ0) is 19.3. The van der Waals surface area contributed by atoms with Crippen molar-refractivity contribution in [2.45, 2.75) is 6.92 Å². The van der Waals surface area contributed by atoms with Crippen LogP contribution in [0.5, 0.6) is 0 Å². The van der Waals surface area contributed by atoms with E-state index in [4.69, 9.17) is 15.5 Å². The van der Waals surface area contributed by atoms with Crippen LogP contribution in [0, 0.1) is 0 Å². The van der Waals surface area contributed by atoms with Gasteiger partial charge in [0.15, 0.2) is 5.65 Å². The summed E-state index contributed by atoms with van der Waals surface area (Å²) in [5.74, 6) is -0.295. The van der Waals surface area contributed by atoms with Crippen molar-refractivity contribution in [3.63, 3.8) is 0 Å². The van der Waals surface area contributed by atoms with Crippen LogP contribution in [0.15, 0.2) is 42.5 Å². The van der Waals surface area contributed by atoms with E-state index in [1.54, 1.807) is 11.5 Å². The molecule has 0 saturated carbocycles. The number of rotatable bonds is 3. The summed E-state index contributed by atoms with van der Waals surface area (Å²) in [5.41, 5.74) is 11.2. The Morgan fingerprint density at radius 1 is 1.07 bits per heavy atom. The molecule has 0 spiro atoms. The molecule has 28 heavy (non-hydrogen) atoms. The quantitative estimate of drug-likeness (QED) is 0.471. The number of carbonyl (C=O) groups excluding carboxylic acids is 1. The second-order valence-corrected chi connectivity index (χ2v) is 6.67. The van der Waals surface area contributed by atoms with Crippen LogP contribution in [0.2, 0.25) is 0 Å². The molecule has 3 heterocycles. The van der Waals surface area contributed by atoms with Crippen LogP contribution in [0.4, 0.5) is 5.82 Å². The highest BCUT2D eigenvalue weighted by atomic mass is 32.1. The number of fused-ring (bicyclic) bond motifs is 3. The first kappa shape index (κ1) is 16.6. The molecule has 0 fully saturated rings. The summed E-state index contributed by atoms with van der Waals surface area (Å²) >= 11 is 1.14. The minimum absolute atomic E-state index is 0.214. The summed E-state index contributed by atoms with van der Waals surface area (Å²) in [5, 5.41) is 0. The topological polar surface area (TPSA) is 109 Å². The van der Waals surface area contributed by atoms with E-state index in [1.165, 1.54) is 0 Å². The lowest BCUT2D eigenvalue weighted by atomic mass is 10.2. The number of esters is 1. The second-order valence-electron chi connectivity index (χ2n) is 6.14. The van der Waals surface area contributed by atoms with E-state index in [9.17, 15) is 4.79 Å². The SMILES string of the molecule is CCOC(=O)c1c(N)n(-c2ccc3nsnc3c2)c2nc3ccccc3nc12. The van der Waals surface area contributed by atoms with Crippen molar-refractivity contribution >= 4 is 56.7 Å². The molecule has 9 heteroatoms. The summed E-state index contributed by atoms with van der Waals surface area (Å²) in [6, 6.07) is 13.1. The van der Waals surface area contributed by atoms with Gasteiger partial charge in [-0.25, -0.2) is 14.8 Å². The first-order valence-electron chi connectivity index (χ1n) is 8.64. The predicted molar refractivity (Wildman–Crippen MR) is 108 cm³/mol. The number of hydrogen-bond acceptors (Lipinski definition) is 8. The van der Waals surface area contributed by atoms with Gasteiger partial charge in [0.1, 0.15) is 27.9 Å². The number of nitrogen functional groups attached to an aromatic ring is 1. The van der Waals surface area contributed by atoms with Crippen molar-refractivity contribution < 1.29 is 9.53 Å². The average Bonchev–Trinajstić information content (AvgIpc) is 3.27. The molecular weight excluding hydrogens is 376 g/mol. The molecule has 0 unspecified atom stereocenters. The summed E-state index contributed by atoms with van der Waals surface area (Å²) in [7, 11) is 0. The number of anilines is 1. The molecule has 0 aliphatic rings. The lowest BCUT2D eigenvalue weighted by molar-refractivity contribution is 0.0529. The number of hydrogen-bond donors (Lipinski definition) is 1. The van der Waals surface area contributed by atoms with Gasteiger partial charge in [-0.05, 0) is 37.3 Å². The van der Waals surface area contributed by atoms with Gasteiger partial charge in [0.05, 0.1) is 35.1 Å². The first-order valence-corrected chi connectivity index (χ1v) is 9.37. The number of nitrogens with zero attached hydrogens (tertiary/aromatic N) is 5. The highest BCUT2D eigenvalue weighted by Crippen LogP contribution is 2.32. The number of ether oxygens (including phenoxy) is 1. The lowest BCUT2D eigenvalue weighted by Gasteiger charge is -2.07. The standard InChI is InChI=1S/C19H14N6O2S/c1-2-27-19(26)15-16-18(22-12-6-4-3-5-11(12)21-16)25(17(15)20)10-7-8-13-14(9-10)24-28-23-13/h3-9H,2,20H2,1H3. The molecule has 2 aromatic carbocycles. The van der Waals surface area contributed by atoms with Gasteiger partial charge in [-0.3, -0.25) is 4.57 Å². The molecule has 2 N–H and O–H groups in total. The van der Waals surface area contributed by atoms with Gasteiger partial charge in [0.2, 0.25) is 0 Å². The maximum Gasteiger partial charge on any atom is 0.344 e. The molecule has 0 atom stereocenters. The summed E-state index contributed by atoms with van der Waals surface area (Å²) < 4.78 is 15.4. The normalized spacial score (nSPS) is 11.5. The van der Waals surface area contributed by atoms with Crippen LogP contribution >= 0.6 is 11.7 Å². The zero-order valence-electron chi connectivity index (χ0n) is 14.8. The Morgan fingerprint density at radius 3 is 2.61 bits per heavy atom. The number of para-hydroxylation sites is 2. The molecule has 0 amide bonds. The Hall–Kier alpha value is -3.59. The second kappa shape index (κ2) is 6.24. The number of carbonyl (C=O) groups is 1. The smallest absolute Gasteiger partial charge is 0.344 e. The Bertz CT molecular complexity index is 1370. The highest BCUT2D eigenvalue weighted by Gasteiger charge is 2.26. The third kappa shape index (κ3) is 2.40.